The lowest BCUT2D eigenvalue weighted by molar-refractivity contribution is -0.258. The second kappa shape index (κ2) is 10.2. The van der Waals surface area contributed by atoms with Crippen LogP contribution in [0.25, 0.3) is 0 Å². The van der Waals surface area contributed by atoms with Crippen molar-refractivity contribution in [1.82, 2.24) is 0 Å². The molecule has 2 saturated heterocycles. The fourth-order valence-corrected chi connectivity index (χ4v) is 5.99. The lowest BCUT2D eigenvalue weighted by Crippen LogP contribution is -2.56. The van der Waals surface area contributed by atoms with Crippen molar-refractivity contribution < 1.29 is 34.0 Å². The molecule has 3 N–H and O–H groups in total. The molecule has 2 fully saturated rings. The van der Waals surface area contributed by atoms with Crippen LogP contribution in [0.3, 0.4) is 0 Å². The van der Waals surface area contributed by atoms with E-state index in [9.17, 15) is 20.1 Å². The third-order valence-corrected chi connectivity index (χ3v) is 12.5. The van der Waals surface area contributed by atoms with Gasteiger partial charge in [0.2, 0.25) is 0 Å². The minimum absolute atomic E-state index is 0.0411. The smallest absolute Gasteiger partial charge is 0.192 e. The van der Waals surface area contributed by atoms with Gasteiger partial charge in [0, 0.05) is 12.3 Å². The van der Waals surface area contributed by atoms with Crippen molar-refractivity contribution in [1.29, 1.82) is 0 Å². The van der Waals surface area contributed by atoms with E-state index < -0.39 is 50.4 Å². The predicted molar refractivity (Wildman–Crippen MR) is 130 cm³/mol. The van der Waals surface area contributed by atoms with Gasteiger partial charge in [-0.05, 0) is 38.4 Å². The number of rotatable bonds is 10. The summed E-state index contributed by atoms with van der Waals surface area (Å²) < 4.78 is 18.5. The normalized spacial score (nSPS) is 35.9. The summed E-state index contributed by atoms with van der Waals surface area (Å²) in [5, 5.41) is 31.4. The maximum absolute atomic E-state index is 13.7. The Bertz CT molecular complexity index is 718. The Morgan fingerprint density at radius 2 is 1.94 bits per heavy atom. The molecule has 0 aromatic heterocycles. The van der Waals surface area contributed by atoms with Gasteiger partial charge < -0.3 is 29.2 Å². The minimum atomic E-state index is -2.34. The van der Waals surface area contributed by atoms with Crippen molar-refractivity contribution in [2.75, 3.05) is 13.2 Å². The Labute approximate surface area is 200 Å². The monoisotopic (exact) mass is 486 g/mol. The van der Waals surface area contributed by atoms with Gasteiger partial charge >= 0.3 is 0 Å². The van der Waals surface area contributed by atoms with Gasteiger partial charge in [-0.25, -0.2) is 0 Å². The molecule has 192 valence electrons. The third kappa shape index (κ3) is 5.97. The third-order valence-electron chi connectivity index (χ3n) is 8.02. The van der Waals surface area contributed by atoms with Gasteiger partial charge in [-0.3, -0.25) is 4.79 Å². The summed E-state index contributed by atoms with van der Waals surface area (Å²) in [6.45, 7) is 17.9. The predicted octanol–water partition coefficient (Wildman–Crippen LogP) is 3.42. The minimum Gasteiger partial charge on any atom is -0.410 e. The highest BCUT2D eigenvalue weighted by atomic mass is 28.4. The maximum Gasteiger partial charge on any atom is 0.192 e. The molecule has 8 heteroatoms. The molecule has 0 radical (unpaired) electrons. The zero-order valence-electron chi connectivity index (χ0n) is 21.9. The Morgan fingerprint density at radius 3 is 2.39 bits per heavy atom. The quantitative estimate of drug-likeness (QED) is 0.247. The van der Waals surface area contributed by atoms with E-state index in [1.165, 1.54) is 0 Å². The largest absolute Gasteiger partial charge is 0.410 e. The summed E-state index contributed by atoms with van der Waals surface area (Å²) in [5.74, 6) is -3.32. The van der Waals surface area contributed by atoms with Crippen molar-refractivity contribution in [3.8, 4) is 0 Å². The number of aliphatic hydroxyl groups excluding tert-OH is 2. The molecule has 1 unspecified atom stereocenters. The average Bonchev–Trinajstić information content (AvgIpc) is 3.40. The number of epoxide rings is 1. The number of Topliss-reactive ketones (excluding diaryl/α,β-unsaturated/α-hetero) is 1. The molecule has 2 aliphatic heterocycles. The topological polar surface area (TPSA) is 109 Å². The number of ether oxygens (including phenoxy) is 2. The fourth-order valence-electron chi connectivity index (χ4n) is 4.61. The first kappa shape index (κ1) is 28.6. The molecule has 0 bridgehead atoms. The SMILES string of the molecule is C/C=C\[C@H](C)[C@H]1O[C@@]1(C)[C@@H](O[Si](C)(C)C(C)(C)C)[C@@H](CO)C(=O)[C@H]1COC(O)(CC)C[C@@H]1O. The lowest BCUT2D eigenvalue weighted by Gasteiger charge is -2.44. The van der Waals surface area contributed by atoms with E-state index in [1.54, 1.807) is 6.92 Å². The molecule has 2 heterocycles. The van der Waals surface area contributed by atoms with E-state index in [4.69, 9.17) is 13.9 Å². The lowest BCUT2D eigenvalue weighted by atomic mass is 9.78. The van der Waals surface area contributed by atoms with Crippen LogP contribution in [-0.2, 0) is 18.7 Å². The van der Waals surface area contributed by atoms with Crippen molar-refractivity contribution in [3.05, 3.63) is 12.2 Å². The highest BCUT2D eigenvalue weighted by Gasteiger charge is 2.64. The molecule has 7 nitrogen and oxygen atoms in total. The standard InChI is InChI=1S/C25H46O7Si/c1-10-12-16(3)21-24(7,31-21)22(32-33(8,9)23(4,5)6)17(14-26)20(28)18-15-30-25(29,11-2)13-19(18)27/h10,12,16-19,21-22,26-27,29H,11,13-15H2,1-9H3/b12-10-/t16-,17-,18-,19-,21+,22-,24+,25?/m0/s1. The van der Waals surface area contributed by atoms with Crippen LogP contribution < -0.4 is 0 Å². The molecule has 2 rings (SSSR count). The van der Waals surface area contributed by atoms with Crippen molar-refractivity contribution >= 4 is 14.1 Å². The van der Waals surface area contributed by atoms with Crippen LogP contribution in [0.2, 0.25) is 18.1 Å². The van der Waals surface area contributed by atoms with Crippen molar-refractivity contribution in [2.45, 2.75) is 109 Å². The molecule has 0 aliphatic carbocycles. The van der Waals surface area contributed by atoms with E-state index in [0.717, 1.165) is 0 Å². The van der Waals surface area contributed by atoms with Gasteiger partial charge in [-0.2, -0.15) is 0 Å². The first-order valence-corrected chi connectivity index (χ1v) is 15.1. The van der Waals surface area contributed by atoms with Gasteiger partial charge in [0.25, 0.3) is 0 Å². The molecule has 0 aromatic rings. The van der Waals surface area contributed by atoms with Crippen LogP contribution in [0.4, 0.5) is 0 Å². The molecule has 0 amide bonds. The molecular formula is C25H46O7Si. The number of allylic oxidation sites excluding steroid dienone is 1. The second-order valence-corrected chi connectivity index (χ2v) is 16.3. The Hall–Kier alpha value is -0.613. The summed E-state index contributed by atoms with van der Waals surface area (Å²) >= 11 is 0. The summed E-state index contributed by atoms with van der Waals surface area (Å²) in [6.07, 6.45) is 2.48. The van der Waals surface area contributed by atoms with Gasteiger partial charge in [-0.15, -0.1) is 0 Å². The van der Waals surface area contributed by atoms with Crippen LogP contribution in [0.1, 0.15) is 61.3 Å². The van der Waals surface area contributed by atoms with Crippen LogP contribution >= 0.6 is 0 Å². The van der Waals surface area contributed by atoms with Crippen molar-refractivity contribution in [3.63, 3.8) is 0 Å². The number of hydrogen-bond acceptors (Lipinski definition) is 7. The summed E-state index contributed by atoms with van der Waals surface area (Å²) in [7, 11) is -2.34. The second-order valence-electron chi connectivity index (χ2n) is 11.6. The number of ketones is 1. The van der Waals surface area contributed by atoms with E-state index >= 15 is 0 Å². The highest BCUT2D eigenvalue weighted by molar-refractivity contribution is 6.74. The van der Waals surface area contributed by atoms with E-state index in [-0.39, 0.29) is 35.9 Å². The molecular weight excluding hydrogens is 440 g/mol. The van der Waals surface area contributed by atoms with Gasteiger partial charge in [0.15, 0.2) is 14.1 Å². The van der Waals surface area contributed by atoms with Crippen LogP contribution in [0.5, 0.6) is 0 Å². The maximum atomic E-state index is 13.7. The Balaban J connectivity index is 2.37. The number of carbonyl (C=O) groups is 1. The summed E-state index contributed by atoms with van der Waals surface area (Å²) in [4.78, 5) is 13.7. The molecule has 0 aromatic carbocycles. The molecule has 0 spiro atoms. The van der Waals surface area contributed by atoms with Crippen LogP contribution in [0, 0.1) is 17.8 Å². The fraction of sp³-hybridized carbons (Fsp3) is 0.880. The van der Waals surface area contributed by atoms with Gasteiger partial charge in [0.1, 0.15) is 11.4 Å². The van der Waals surface area contributed by atoms with Gasteiger partial charge in [-0.1, -0.05) is 46.8 Å². The zero-order chi connectivity index (χ0) is 25.4. The molecule has 2 aliphatic rings. The first-order valence-electron chi connectivity index (χ1n) is 12.2. The molecule has 0 saturated carbocycles. The number of hydrogen-bond donors (Lipinski definition) is 3. The van der Waals surface area contributed by atoms with E-state index in [1.807, 2.05) is 19.9 Å². The number of carbonyl (C=O) groups excluding carboxylic acids is 1. The van der Waals surface area contributed by atoms with E-state index in [0.29, 0.717) is 6.42 Å². The van der Waals surface area contributed by atoms with Crippen LogP contribution in [0.15, 0.2) is 12.2 Å². The highest BCUT2D eigenvalue weighted by Crippen LogP contribution is 2.51. The van der Waals surface area contributed by atoms with E-state index in [2.05, 4.69) is 46.9 Å². The zero-order valence-corrected chi connectivity index (χ0v) is 22.9. The average molecular weight is 487 g/mol. The summed E-state index contributed by atoms with van der Waals surface area (Å²) in [5.41, 5.74) is -0.734. The number of aliphatic hydroxyl groups is 3. The summed E-state index contributed by atoms with van der Waals surface area (Å²) in [6, 6.07) is 0. The Morgan fingerprint density at radius 1 is 1.33 bits per heavy atom. The molecule has 33 heavy (non-hydrogen) atoms. The Kier molecular flexibility index (Phi) is 8.82. The van der Waals surface area contributed by atoms with Crippen molar-refractivity contribution in [2.24, 2.45) is 17.8 Å². The van der Waals surface area contributed by atoms with Crippen LogP contribution in [-0.4, -0.2) is 72.3 Å². The first-order chi connectivity index (χ1) is 15.1. The molecule has 8 atom stereocenters. The van der Waals surface area contributed by atoms with Gasteiger partial charge in [0.05, 0.1) is 43.4 Å².